The SMILES string of the molecule is C=C(COC(=O)N(C)CCN(C)C(=O)OC1(CC)C(=O)OCc2c1cc1n(c2=O)Cc2c-1nc1ccc(O)cc1c2CC)C(=O)N1CCN(c2nc(OCC3CCCN3C)nc3c2CCN(c2cccc4cccc(C)c24)C3)CC1CC#N. The molecule has 3 amide bonds. The van der Waals surface area contributed by atoms with Gasteiger partial charge in [-0.3, -0.25) is 9.59 Å². The van der Waals surface area contributed by atoms with E-state index >= 15 is 0 Å². The molecule has 3 unspecified atom stereocenters. The monoisotopic (exact) mass is 1130 g/mol. The minimum atomic E-state index is -1.97. The molecule has 2 saturated heterocycles. The zero-order valence-electron chi connectivity index (χ0n) is 47.9. The van der Waals surface area contributed by atoms with Crippen LogP contribution in [-0.2, 0) is 61.9 Å². The molecule has 3 aromatic carbocycles. The number of cyclic esters (lactones) is 1. The number of nitriles is 1. The number of nitrogens with zero attached hydrogens (tertiary/aromatic N) is 11. The Labute approximate surface area is 481 Å². The van der Waals surface area contributed by atoms with Gasteiger partial charge in [0.05, 0.1) is 59.8 Å². The Morgan fingerprint density at radius 3 is 2.45 bits per heavy atom. The van der Waals surface area contributed by atoms with Crippen molar-refractivity contribution in [1.29, 1.82) is 5.26 Å². The Kier molecular flexibility index (Phi) is 15.5. The number of amides is 3. The van der Waals surface area contributed by atoms with Gasteiger partial charge in [-0.25, -0.2) is 19.4 Å². The van der Waals surface area contributed by atoms with Gasteiger partial charge in [0.1, 0.15) is 31.4 Å². The predicted octanol–water partition coefficient (Wildman–Crippen LogP) is 6.97. The molecule has 11 rings (SSSR count). The second-order valence-electron chi connectivity index (χ2n) is 22.3. The van der Waals surface area contributed by atoms with Gasteiger partial charge >= 0.3 is 24.2 Å². The van der Waals surface area contributed by atoms with Crippen molar-refractivity contribution in [3.8, 4) is 29.2 Å². The zero-order chi connectivity index (χ0) is 58.4. The quantitative estimate of drug-likeness (QED) is 0.0621. The summed E-state index contributed by atoms with van der Waals surface area (Å²) in [5.41, 5.74) is 5.74. The normalized spacial score (nSPS) is 19.1. The molecular weight excluding hydrogens is 1060 g/mol. The molecule has 5 aliphatic heterocycles. The van der Waals surface area contributed by atoms with Crippen LogP contribution < -0.4 is 20.1 Å². The van der Waals surface area contributed by atoms with Crippen molar-refractivity contribution in [2.24, 2.45) is 0 Å². The smallest absolute Gasteiger partial charge is 0.411 e. The van der Waals surface area contributed by atoms with E-state index in [0.29, 0.717) is 62.0 Å². The van der Waals surface area contributed by atoms with Crippen LogP contribution >= 0.6 is 0 Å². The molecule has 0 spiro atoms. The first-order valence-corrected chi connectivity index (χ1v) is 28.5. The summed E-state index contributed by atoms with van der Waals surface area (Å²) < 4.78 is 25.2. The molecule has 6 aromatic rings. The number of ether oxygens (including phenoxy) is 4. The lowest BCUT2D eigenvalue weighted by Crippen LogP contribution is -2.56. The number of anilines is 2. The van der Waals surface area contributed by atoms with Crippen LogP contribution in [0, 0.1) is 18.3 Å². The van der Waals surface area contributed by atoms with E-state index in [1.807, 2.05) is 6.92 Å². The fourth-order valence-electron chi connectivity index (χ4n) is 12.6. The summed E-state index contributed by atoms with van der Waals surface area (Å²) in [7, 11) is 5.03. The Hall–Kier alpha value is -8.77. The molecule has 0 saturated carbocycles. The number of carbonyl (C=O) groups is 4. The Bertz CT molecular complexity index is 3720. The molecule has 0 aliphatic carbocycles. The number of carbonyl (C=O) groups excluding carboxylic acids is 4. The first-order chi connectivity index (χ1) is 40.0. The summed E-state index contributed by atoms with van der Waals surface area (Å²) in [6.07, 6.45) is 1.72. The first kappa shape index (κ1) is 56.1. The number of benzene rings is 3. The maximum atomic E-state index is 14.2. The topological polar surface area (TPSA) is 229 Å². The van der Waals surface area contributed by atoms with E-state index in [-0.39, 0.29) is 74.1 Å². The van der Waals surface area contributed by atoms with Crippen molar-refractivity contribution < 1.29 is 43.2 Å². The average molecular weight is 1130 g/mol. The molecule has 83 heavy (non-hydrogen) atoms. The molecule has 3 atom stereocenters. The van der Waals surface area contributed by atoms with Crippen molar-refractivity contribution in [2.45, 2.75) is 96.7 Å². The van der Waals surface area contributed by atoms with E-state index in [0.717, 1.165) is 65.2 Å². The highest BCUT2D eigenvalue weighted by atomic mass is 16.6. The van der Waals surface area contributed by atoms with Gasteiger partial charge in [0.2, 0.25) is 5.60 Å². The number of hydrogen-bond donors (Lipinski definition) is 1. The maximum absolute atomic E-state index is 14.2. The Morgan fingerprint density at radius 1 is 0.916 bits per heavy atom. The van der Waals surface area contributed by atoms with Gasteiger partial charge in [-0.2, -0.15) is 15.2 Å². The third-order valence-corrected chi connectivity index (χ3v) is 17.3. The van der Waals surface area contributed by atoms with E-state index in [1.54, 1.807) is 40.7 Å². The third kappa shape index (κ3) is 10.4. The Morgan fingerprint density at radius 2 is 1.70 bits per heavy atom. The van der Waals surface area contributed by atoms with Gasteiger partial charge in [0.15, 0.2) is 0 Å². The molecule has 432 valence electrons. The summed E-state index contributed by atoms with van der Waals surface area (Å²) in [4.78, 5) is 95.4. The highest BCUT2D eigenvalue weighted by Crippen LogP contribution is 2.43. The Balaban J connectivity index is 0.725. The number of esters is 1. The highest BCUT2D eigenvalue weighted by molar-refractivity contribution is 5.97. The van der Waals surface area contributed by atoms with E-state index in [9.17, 15) is 34.3 Å². The van der Waals surface area contributed by atoms with Crippen molar-refractivity contribution in [3.63, 3.8) is 0 Å². The van der Waals surface area contributed by atoms with Crippen molar-refractivity contribution in [2.75, 3.05) is 90.0 Å². The van der Waals surface area contributed by atoms with E-state index in [2.05, 4.69) is 77.7 Å². The fourth-order valence-corrected chi connectivity index (χ4v) is 12.6. The summed E-state index contributed by atoms with van der Waals surface area (Å²) >= 11 is 0. The summed E-state index contributed by atoms with van der Waals surface area (Å²) in [5.74, 6) is -0.428. The molecule has 2 fully saturated rings. The lowest BCUT2D eigenvalue weighted by molar-refractivity contribution is -0.173. The first-order valence-electron chi connectivity index (χ1n) is 28.5. The van der Waals surface area contributed by atoms with E-state index in [4.69, 9.17) is 33.9 Å². The largest absolute Gasteiger partial charge is 0.508 e. The molecule has 1 N–H and O–H groups in total. The van der Waals surface area contributed by atoms with Crippen LogP contribution in [-0.4, -0.2) is 161 Å². The van der Waals surface area contributed by atoms with Crippen LogP contribution in [0.1, 0.15) is 78.6 Å². The van der Waals surface area contributed by atoms with Gasteiger partial charge in [0.25, 0.3) is 11.5 Å². The second-order valence-corrected chi connectivity index (χ2v) is 22.3. The number of likely N-dealkylation sites (N-methyl/N-ethyl adjacent to an activating group) is 3. The summed E-state index contributed by atoms with van der Waals surface area (Å²) in [5, 5.41) is 23.5. The molecule has 21 nitrogen and oxygen atoms in total. The van der Waals surface area contributed by atoms with Gasteiger partial charge in [0, 0.05) is 98.1 Å². The fraction of sp³-hybridized carbons (Fsp3) is 0.435. The summed E-state index contributed by atoms with van der Waals surface area (Å²) in [6, 6.07) is 21.7. The number of aryl methyl sites for hydroxylation is 2. The van der Waals surface area contributed by atoms with Crippen LogP contribution in [0.25, 0.3) is 33.1 Å². The minimum absolute atomic E-state index is 0.0214. The number of aromatic hydroxyl groups is 1. The number of likely N-dealkylation sites (tertiary alicyclic amines) is 1. The van der Waals surface area contributed by atoms with Crippen LogP contribution in [0.15, 0.2) is 77.6 Å². The zero-order valence-corrected chi connectivity index (χ0v) is 47.9. The number of rotatable bonds is 15. The number of phenols is 1. The van der Waals surface area contributed by atoms with E-state index in [1.165, 1.54) is 40.2 Å². The van der Waals surface area contributed by atoms with Crippen LogP contribution in [0.4, 0.5) is 21.1 Å². The summed E-state index contributed by atoms with van der Waals surface area (Å²) in [6.45, 7) is 12.9. The van der Waals surface area contributed by atoms with Crippen LogP contribution in [0.3, 0.4) is 0 Å². The van der Waals surface area contributed by atoms with E-state index < -0.39 is 47.9 Å². The standard InChI is InChI=1S/C62H69N11O10/c1-8-43-45-29-42(74)18-19-49(45)64-54-46(43)32-73-52(54)30-48-47(57(73)76)36-80-58(77)62(48,9-2)83-61(79)69(7)26-25-68(6)60(78)82-34-38(4)56(75)72-28-27-71(31-40(72)20-22-63)55-44-21-24-70(51-17-11-15-39-14-10-13-37(3)53(39)51)33-50(44)65-59(66-55)81-35-41-16-12-23-67(41)5/h10-11,13-15,17-19,29-30,40-41,74H,4,8-9,12,16,20-21,23-28,31-36H2,1-3,5-7H3. The van der Waals surface area contributed by atoms with Crippen molar-refractivity contribution >= 4 is 57.2 Å². The number of fused-ring (bicyclic) bond motifs is 7. The second kappa shape index (κ2) is 22.9. The van der Waals surface area contributed by atoms with Gasteiger partial charge in [-0.15, -0.1) is 0 Å². The van der Waals surface area contributed by atoms with Crippen LogP contribution in [0.2, 0.25) is 0 Å². The maximum Gasteiger partial charge on any atom is 0.411 e. The lowest BCUT2D eigenvalue weighted by atomic mass is 9.85. The third-order valence-electron chi connectivity index (χ3n) is 17.3. The average Bonchev–Trinajstić information content (AvgIpc) is 2.55. The molecule has 21 heteroatoms. The number of aromatic nitrogens is 4. The number of piperazine rings is 1. The van der Waals surface area contributed by atoms with Crippen LogP contribution in [0.5, 0.6) is 11.8 Å². The molecule has 8 heterocycles. The number of phenolic OH excluding ortho intramolecular Hbond substituents is 1. The van der Waals surface area contributed by atoms with Gasteiger partial charge in [-0.1, -0.05) is 50.8 Å². The predicted molar refractivity (Wildman–Crippen MR) is 310 cm³/mol. The molecule has 5 aliphatic rings. The minimum Gasteiger partial charge on any atom is -0.508 e. The molecule has 3 aromatic heterocycles. The number of pyridine rings is 2. The van der Waals surface area contributed by atoms with Crippen molar-refractivity contribution in [1.82, 2.24) is 39.1 Å². The van der Waals surface area contributed by atoms with Gasteiger partial charge in [-0.05, 0) is 99.5 Å². The molecule has 0 radical (unpaired) electrons. The van der Waals surface area contributed by atoms with Gasteiger partial charge < -0.3 is 58.0 Å². The van der Waals surface area contributed by atoms with Crippen molar-refractivity contribution in [3.05, 3.63) is 122 Å². The highest BCUT2D eigenvalue weighted by Gasteiger charge is 2.51. The molecule has 0 bridgehead atoms. The molecular formula is C62H69N11O10. The number of hydrogen-bond acceptors (Lipinski definition) is 17. The lowest BCUT2D eigenvalue weighted by Gasteiger charge is -2.42.